The van der Waals surface area contributed by atoms with E-state index < -0.39 is 0 Å². The monoisotopic (exact) mass is 649 g/mol. The Balaban J connectivity index is 1.18. The average molecular weight is 650 g/mol. The van der Waals surface area contributed by atoms with Gasteiger partial charge >= 0.3 is 0 Å². The molecule has 3 aromatic heterocycles. The van der Waals surface area contributed by atoms with E-state index in [4.69, 9.17) is 0 Å². The molecule has 238 valence electrons. The molecule has 0 aliphatic carbocycles. The molecule has 11 aromatic rings. The summed E-state index contributed by atoms with van der Waals surface area (Å²) in [6, 6.07) is 68.4. The van der Waals surface area contributed by atoms with Crippen LogP contribution in [0.15, 0.2) is 188 Å². The summed E-state index contributed by atoms with van der Waals surface area (Å²) in [7, 11) is 0. The summed E-state index contributed by atoms with van der Waals surface area (Å²) in [6.45, 7) is 0. The Bertz CT molecular complexity index is 3080. The van der Waals surface area contributed by atoms with Crippen LogP contribution in [0.2, 0.25) is 0 Å². The van der Waals surface area contributed by atoms with E-state index in [0.29, 0.717) is 0 Å². The van der Waals surface area contributed by atoms with E-state index in [-0.39, 0.29) is 0 Å². The van der Waals surface area contributed by atoms with Crippen molar-refractivity contribution >= 4 is 65.4 Å². The molecule has 0 aliphatic rings. The van der Waals surface area contributed by atoms with Gasteiger partial charge in [0, 0.05) is 49.3 Å². The van der Waals surface area contributed by atoms with Gasteiger partial charge in [0.25, 0.3) is 0 Å². The number of fused-ring (bicyclic) bond motifs is 9. The summed E-state index contributed by atoms with van der Waals surface area (Å²) in [5.74, 6) is 0. The zero-order valence-electron chi connectivity index (χ0n) is 27.7. The Labute approximate surface area is 294 Å². The third-order valence-electron chi connectivity index (χ3n) is 10.6. The van der Waals surface area contributed by atoms with Gasteiger partial charge in [-0.1, -0.05) is 121 Å². The maximum Gasteiger partial charge on any atom is 0.0562 e. The zero-order valence-corrected chi connectivity index (χ0v) is 27.7. The summed E-state index contributed by atoms with van der Waals surface area (Å²) >= 11 is 0. The molecule has 51 heavy (non-hydrogen) atoms. The number of aromatic nitrogens is 3. The van der Waals surface area contributed by atoms with Crippen LogP contribution in [0.25, 0.3) is 93.6 Å². The third kappa shape index (κ3) is 4.06. The first-order valence-electron chi connectivity index (χ1n) is 17.5. The molecule has 0 radical (unpaired) electrons. The first-order valence-corrected chi connectivity index (χ1v) is 17.5. The van der Waals surface area contributed by atoms with Crippen molar-refractivity contribution in [3.05, 3.63) is 188 Å². The SMILES string of the molecule is c1ccc(-n2c3ccccc3c3cc4c5ccccc5n(-c5cccc(-c6ccccc6-n6c7ccccc7c7ccccc76)c5)c4cc32)cc1. The topological polar surface area (TPSA) is 14.8 Å². The van der Waals surface area contributed by atoms with Gasteiger partial charge in [-0.15, -0.1) is 0 Å². The number of para-hydroxylation sites is 6. The van der Waals surface area contributed by atoms with Crippen LogP contribution >= 0.6 is 0 Å². The minimum atomic E-state index is 1.14. The van der Waals surface area contributed by atoms with Gasteiger partial charge < -0.3 is 13.7 Å². The van der Waals surface area contributed by atoms with Crippen molar-refractivity contribution < 1.29 is 0 Å². The molecule has 3 heterocycles. The lowest BCUT2D eigenvalue weighted by atomic mass is 10.0. The molecule has 0 unspecified atom stereocenters. The van der Waals surface area contributed by atoms with Gasteiger partial charge in [0.2, 0.25) is 0 Å². The number of hydrogen-bond donors (Lipinski definition) is 0. The van der Waals surface area contributed by atoms with Gasteiger partial charge in [-0.05, 0) is 72.3 Å². The minimum absolute atomic E-state index is 1.14. The highest BCUT2D eigenvalue weighted by atomic mass is 15.0. The predicted molar refractivity (Wildman–Crippen MR) is 215 cm³/mol. The number of nitrogens with zero attached hydrogens (tertiary/aromatic N) is 3. The molecule has 0 bridgehead atoms. The van der Waals surface area contributed by atoms with Crippen LogP contribution < -0.4 is 0 Å². The van der Waals surface area contributed by atoms with Crippen LogP contribution in [-0.4, -0.2) is 13.7 Å². The lowest BCUT2D eigenvalue weighted by molar-refractivity contribution is 1.16. The molecular formula is C48H31N3. The molecule has 0 spiro atoms. The van der Waals surface area contributed by atoms with Crippen LogP contribution in [0.4, 0.5) is 0 Å². The highest BCUT2D eigenvalue weighted by Crippen LogP contribution is 2.41. The highest BCUT2D eigenvalue weighted by Gasteiger charge is 2.20. The fourth-order valence-corrected chi connectivity index (χ4v) is 8.47. The van der Waals surface area contributed by atoms with Crippen molar-refractivity contribution in [2.45, 2.75) is 0 Å². The first kappa shape index (κ1) is 28.0. The first-order chi connectivity index (χ1) is 25.3. The van der Waals surface area contributed by atoms with Crippen LogP contribution in [0.1, 0.15) is 0 Å². The van der Waals surface area contributed by atoms with E-state index in [1.165, 1.54) is 82.2 Å². The van der Waals surface area contributed by atoms with Gasteiger partial charge in [-0.25, -0.2) is 0 Å². The maximum absolute atomic E-state index is 2.45. The van der Waals surface area contributed by atoms with Gasteiger partial charge in [-0.3, -0.25) is 0 Å². The fourth-order valence-electron chi connectivity index (χ4n) is 8.47. The van der Waals surface area contributed by atoms with E-state index in [1.54, 1.807) is 0 Å². The molecule has 0 amide bonds. The Morgan fingerprint density at radius 2 is 0.706 bits per heavy atom. The van der Waals surface area contributed by atoms with Gasteiger partial charge in [0.15, 0.2) is 0 Å². The zero-order chi connectivity index (χ0) is 33.5. The van der Waals surface area contributed by atoms with Crippen LogP contribution in [0.5, 0.6) is 0 Å². The molecule has 0 saturated heterocycles. The second-order valence-corrected chi connectivity index (χ2v) is 13.4. The number of rotatable bonds is 4. The van der Waals surface area contributed by atoms with E-state index in [1.807, 2.05) is 0 Å². The Morgan fingerprint density at radius 3 is 1.31 bits per heavy atom. The van der Waals surface area contributed by atoms with E-state index in [0.717, 1.165) is 11.4 Å². The van der Waals surface area contributed by atoms with Crippen molar-refractivity contribution in [2.24, 2.45) is 0 Å². The van der Waals surface area contributed by atoms with Gasteiger partial charge in [0.05, 0.1) is 38.8 Å². The molecule has 0 N–H and O–H groups in total. The summed E-state index contributed by atoms with van der Waals surface area (Å²) in [5.41, 5.74) is 13.1. The molecule has 0 atom stereocenters. The van der Waals surface area contributed by atoms with E-state index in [2.05, 4.69) is 202 Å². The summed E-state index contributed by atoms with van der Waals surface area (Å²) < 4.78 is 7.28. The molecule has 0 fully saturated rings. The van der Waals surface area contributed by atoms with Crippen molar-refractivity contribution in [1.29, 1.82) is 0 Å². The summed E-state index contributed by atoms with van der Waals surface area (Å²) in [5, 5.41) is 7.56. The lowest BCUT2D eigenvalue weighted by Crippen LogP contribution is -1.98. The second kappa shape index (κ2) is 10.8. The minimum Gasteiger partial charge on any atom is -0.309 e. The Morgan fingerprint density at radius 1 is 0.255 bits per heavy atom. The molecule has 3 heteroatoms. The summed E-state index contributed by atoms with van der Waals surface area (Å²) in [4.78, 5) is 0. The average Bonchev–Trinajstić information content (AvgIpc) is 3.83. The van der Waals surface area contributed by atoms with Crippen LogP contribution in [0, 0.1) is 0 Å². The normalized spacial score (nSPS) is 11.9. The highest BCUT2D eigenvalue weighted by molar-refractivity contribution is 6.19. The van der Waals surface area contributed by atoms with Gasteiger partial charge in [0.1, 0.15) is 0 Å². The van der Waals surface area contributed by atoms with Crippen molar-refractivity contribution in [3.63, 3.8) is 0 Å². The van der Waals surface area contributed by atoms with Crippen molar-refractivity contribution in [1.82, 2.24) is 13.7 Å². The van der Waals surface area contributed by atoms with Crippen molar-refractivity contribution in [2.75, 3.05) is 0 Å². The Kier molecular flexibility index (Phi) is 5.96. The number of hydrogen-bond acceptors (Lipinski definition) is 0. The van der Waals surface area contributed by atoms with Gasteiger partial charge in [-0.2, -0.15) is 0 Å². The standard InChI is InChI=1S/C48H31N3/c1-2-16-33(17-3-1)49-43-25-10-7-22-38(43)40-30-41-39-23-8-11-26-44(39)50(48(41)31-47(40)49)34-18-14-15-32(29-34)35-19-4-9-24-42(35)51-45-27-12-5-20-36(45)37-21-6-13-28-46(37)51/h1-31H. The molecular weight excluding hydrogens is 619 g/mol. The van der Waals surface area contributed by atoms with Crippen molar-refractivity contribution in [3.8, 4) is 28.2 Å². The molecule has 11 rings (SSSR count). The van der Waals surface area contributed by atoms with Crippen LogP contribution in [0.3, 0.4) is 0 Å². The molecule has 8 aromatic carbocycles. The smallest absolute Gasteiger partial charge is 0.0562 e. The predicted octanol–water partition coefficient (Wildman–Crippen LogP) is 12.6. The largest absolute Gasteiger partial charge is 0.309 e. The maximum atomic E-state index is 2.45. The van der Waals surface area contributed by atoms with Crippen LogP contribution in [-0.2, 0) is 0 Å². The quantitative estimate of drug-likeness (QED) is 0.180. The Hall–Kier alpha value is -6.84. The second-order valence-electron chi connectivity index (χ2n) is 13.4. The molecule has 3 nitrogen and oxygen atoms in total. The third-order valence-corrected chi connectivity index (χ3v) is 10.6. The van der Waals surface area contributed by atoms with E-state index >= 15 is 0 Å². The van der Waals surface area contributed by atoms with E-state index in [9.17, 15) is 0 Å². The fraction of sp³-hybridized carbons (Fsp3) is 0. The lowest BCUT2D eigenvalue weighted by Gasteiger charge is -2.16. The number of benzene rings is 8. The summed E-state index contributed by atoms with van der Waals surface area (Å²) in [6.07, 6.45) is 0. The molecule has 0 aliphatic heterocycles. The molecule has 0 saturated carbocycles.